The summed E-state index contributed by atoms with van der Waals surface area (Å²) in [6, 6.07) is 8.88. The molecule has 2 aromatic rings. The van der Waals surface area contributed by atoms with Crippen LogP contribution in [0.5, 0.6) is 5.75 Å². The summed E-state index contributed by atoms with van der Waals surface area (Å²) in [4.78, 5) is 14.7. The van der Waals surface area contributed by atoms with Crippen molar-refractivity contribution in [3.63, 3.8) is 0 Å². The number of rotatable bonds is 4. The van der Waals surface area contributed by atoms with Crippen LogP contribution < -0.4 is 4.74 Å². The highest BCUT2D eigenvalue weighted by atomic mass is 79.9. The number of carboxylic acid groups (broad SMARTS) is 1. The number of ether oxygens (including phenoxy) is 1. The molecule has 0 fully saturated rings. The molecule has 98 valence electrons. The van der Waals surface area contributed by atoms with Crippen LogP contribution in [0.4, 0.5) is 0 Å². The number of aromatic nitrogens is 1. The van der Waals surface area contributed by atoms with Crippen LogP contribution in [0.25, 0.3) is 0 Å². The second-order valence-corrected chi connectivity index (χ2v) is 4.90. The molecule has 1 aromatic heterocycles. The van der Waals surface area contributed by atoms with Crippen LogP contribution in [0.2, 0.25) is 0 Å². The molecule has 4 nitrogen and oxygen atoms in total. The van der Waals surface area contributed by atoms with Gasteiger partial charge in [-0.15, -0.1) is 0 Å². The number of halogens is 1. The van der Waals surface area contributed by atoms with Gasteiger partial charge in [0.05, 0.1) is 11.3 Å². The highest BCUT2D eigenvalue weighted by molar-refractivity contribution is 9.10. The Morgan fingerprint density at radius 3 is 2.74 bits per heavy atom. The first-order valence-electron chi connectivity index (χ1n) is 5.63. The third-order valence-corrected chi connectivity index (χ3v) is 3.48. The van der Waals surface area contributed by atoms with Gasteiger partial charge in [0.1, 0.15) is 12.4 Å². The lowest BCUT2D eigenvalue weighted by molar-refractivity contribution is 0.0696. The Kier molecular flexibility index (Phi) is 4.16. The van der Waals surface area contributed by atoms with E-state index in [4.69, 9.17) is 9.84 Å². The quantitative estimate of drug-likeness (QED) is 0.937. The summed E-state index contributed by atoms with van der Waals surface area (Å²) in [6.45, 7) is 2.29. The van der Waals surface area contributed by atoms with Crippen molar-refractivity contribution >= 4 is 21.9 Å². The van der Waals surface area contributed by atoms with Crippen LogP contribution in [-0.2, 0) is 6.61 Å². The molecule has 0 saturated carbocycles. The van der Waals surface area contributed by atoms with Gasteiger partial charge in [0.2, 0.25) is 0 Å². The summed E-state index contributed by atoms with van der Waals surface area (Å²) in [7, 11) is 0. The Labute approximate surface area is 119 Å². The van der Waals surface area contributed by atoms with Crippen molar-refractivity contribution in [2.45, 2.75) is 13.5 Å². The first-order valence-corrected chi connectivity index (χ1v) is 6.43. The Morgan fingerprint density at radius 2 is 2.16 bits per heavy atom. The number of nitrogens with zero attached hydrogens (tertiary/aromatic N) is 1. The summed E-state index contributed by atoms with van der Waals surface area (Å²) >= 11 is 3.42. The molecule has 0 atom stereocenters. The van der Waals surface area contributed by atoms with Crippen LogP contribution in [-0.4, -0.2) is 16.1 Å². The second kappa shape index (κ2) is 5.84. The van der Waals surface area contributed by atoms with Crippen LogP contribution in [0.1, 0.15) is 21.6 Å². The van der Waals surface area contributed by atoms with Crippen molar-refractivity contribution in [2.24, 2.45) is 0 Å². The minimum absolute atomic E-state index is 0.170. The van der Waals surface area contributed by atoms with E-state index < -0.39 is 5.97 Å². The van der Waals surface area contributed by atoms with Crippen LogP contribution in [0.15, 0.2) is 41.0 Å². The van der Waals surface area contributed by atoms with Gasteiger partial charge in [0, 0.05) is 10.7 Å². The first-order chi connectivity index (χ1) is 9.06. The van der Waals surface area contributed by atoms with Gasteiger partial charge in [-0.05, 0) is 42.8 Å². The molecule has 0 aliphatic heterocycles. The molecule has 5 heteroatoms. The van der Waals surface area contributed by atoms with E-state index in [9.17, 15) is 4.79 Å². The smallest absolute Gasteiger partial charge is 0.337 e. The van der Waals surface area contributed by atoms with Gasteiger partial charge >= 0.3 is 5.97 Å². The lowest BCUT2D eigenvalue weighted by atomic mass is 10.2. The van der Waals surface area contributed by atoms with E-state index in [1.54, 1.807) is 6.07 Å². The molecule has 0 bridgehead atoms. The van der Waals surface area contributed by atoms with Gasteiger partial charge < -0.3 is 9.84 Å². The highest BCUT2D eigenvalue weighted by Crippen LogP contribution is 2.22. The van der Waals surface area contributed by atoms with Gasteiger partial charge in [-0.2, -0.15) is 0 Å². The number of carboxylic acids is 1. The van der Waals surface area contributed by atoms with Gasteiger partial charge in [0.15, 0.2) is 0 Å². The number of aromatic carboxylic acids is 1. The van der Waals surface area contributed by atoms with E-state index in [0.717, 1.165) is 15.8 Å². The SMILES string of the molecule is Cc1cc(OCc2ccc(C(=O)O)cn2)ccc1Br. The van der Waals surface area contributed by atoms with Crippen molar-refractivity contribution in [1.29, 1.82) is 0 Å². The van der Waals surface area contributed by atoms with Gasteiger partial charge in [0.25, 0.3) is 0 Å². The number of benzene rings is 1. The van der Waals surface area contributed by atoms with E-state index in [-0.39, 0.29) is 5.56 Å². The van der Waals surface area contributed by atoms with Gasteiger partial charge in [-0.1, -0.05) is 15.9 Å². The Morgan fingerprint density at radius 1 is 1.37 bits per heavy atom. The lowest BCUT2D eigenvalue weighted by Crippen LogP contribution is -2.01. The predicted molar refractivity (Wildman–Crippen MR) is 74.4 cm³/mol. The third-order valence-electron chi connectivity index (χ3n) is 2.59. The van der Waals surface area contributed by atoms with E-state index in [0.29, 0.717) is 12.3 Å². The fraction of sp³-hybridized carbons (Fsp3) is 0.143. The number of carbonyl (C=O) groups is 1. The average Bonchev–Trinajstić information content (AvgIpc) is 2.40. The summed E-state index contributed by atoms with van der Waals surface area (Å²) in [5.74, 6) is -0.228. The topological polar surface area (TPSA) is 59.4 Å². The maximum atomic E-state index is 10.7. The Balaban J connectivity index is 2.01. The van der Waals surface area contributed by atoms with Crippen molar-refractivity contribution in [3.05, 3.63) is 57.8 Å². The number of aryl methyl sites for hydroxylation is 1. The Hall–Kier alpha value is -1.88. The van der Waals surface area contributed by atoms with Gasteiger partial charge in [-0.25, -0.2) is 4.79 Å². The van der Waals surface area contributed by atoms with Crippen LogP contribution >= 0.6 is 15.9 Å². The van der Waals surface area contributed by atoms with Crippen molar-refractivity contribution < 1.29 is 14.6 Å². The summed E-state index contributed by atoms with van der Waals surface area (Å²) in [5.41, 5.74) is 1.94. The second-order valence-electron chi connectivity index (χ2n) is 4.04. The van der Waals surface area contributed by atoms with Crippen molar-refractivity contribution in [1.82, 2.24) is 4.98 Å². The third kappa shape index (κ3) is 3.54. The summed E-state index contributed by atoms with van der Waals surface area (Å²) in [6.07, 6.45) is 1.33. The van der Waals surface area contributed by atoms with E-state index in [1.165, 1.54) is 12.3 Å². The fourth-order valence-corrected chi connectivity index (χ4v) is 1.75. The average molecular weight is 322 g/mol. The number of hydrogen-bond acceptors (Lipinski definition) is 3. The number of pyridine rings is 1. The molecule has 0 radical (unpaired) electrons. The van der Waals surface area contributed by atoms with E-state index >= 15 is 0 Å². The zero-order valence-electron chi connectivity index (χ0n) is 10.3. The maximum Gasteiger partial charge on any atom is 0.337 e. The molecular weight excluding hydrogens is 310 g/mol. The molecular formula is C14H12BrNO3. The van der Waals surface area contributed by atoms with Gasteiger partial charge in [-0.3, -0.25) is 4.98 Å². The molecule has 2 rings (SSSR count). The predicted octanol–water partition coefficient (Wildman–Crippen LogP) is 3.43. The first kappa shape index (κ1) is 13.5. The molecule has 0 aliphatic carbocycles. The lowest BCUT2D eigenvalue weighted by Gasteiger charge is -2.07. The molecule has 0 saturated heterocycles. The largest absolute Gasteiger partial charge is 0.487 e. The molecule has 1 aromatic carbocycles. The molecule has 0 unspecified atom stereocenters. The van der Waals surface area contributed by atoms with E-state index in [2.05, 4.69) is 20.9 Å². The maximum absolute atomic E-state index is 10.7. The highest BCUT2D eigenvalue weighted by Gasteiger charge is 2.04. The zero-order chi connectivity index (χ0) is 13.8. The fourth-order valence-electron chi connectivity index (χ4n) is 1.50. The minimum Gasteiger partial charge on any atom is -0.487 e. The molecule has 19 heavy (non-hydrogen) atoms. The minimum atomic E-state index is -0.983. The standard InChI is InChI=1S/C14H12BrNO3/c1-9-6-12(4-5-13(9)15)19-8-11-3-2-10(7-16-11)14(17)18/h2-7H,8H2,1H3,(H,17,18). The van der Waals surface area contributed by atoms with Crippen LogP contribution in [0, 0.1) is 6.92 Å². The van der Waals surface area contributed by atoms with Crippen LogP contribution in [0.3, 0.4) is 0 Å². The monoisotopic (exact) mass is 321 g/mol. The summed E-state index contributed by atoms with van der Waals surface area (Å²) in [5, 5.41) is 8.76. The summed E-state index contributed by atoms with van der Waals surface area (Å²) < 4.78 is 6.63. The molecule has 0 aliphatic rings. The van der Waals surface area contributed by atoms with Crippen molar-refractivity contribution in [3.8, 4) is 5.75 Å². The zero-order valence-corrected chi connectivity index (χ0v) is 11.8. The normalized spacial score (nSPS) is 10.2. The van der Waals surface area contributed by atoms with E-state index in [1.807, 2.05) is 25.1 Å². The Bertz CT molecular complexity index is 596. The molecule has 1 N–H and O–H groups in total. The molecule has 0 spiro atoms. The number of hydrogen-bond donors (Lipinski definition) is 1. The molecule has 1 heterocycles. The van der Waals surface area contributed by atoms with Crippen molar-refractivity contribution in [2.75, 3.05) is 0 Å². The molecule has 0 amide bonds.